The third kappa shape index (κ3) is 4.74. The second-order valence-corrected chi connectivity index (χ2v) is 8.20. The summed E-state index contributed by atoms with van der Waals surface area (Å²) in [7, 11) is 3.37. The molecule has 0 aliphatic heterocycles. The number of fused-ring (bicyclic) bond motifs is 1. The number of carboxylic acids is 1. The molecule has 172 valence electrons. The maximum absolute atomic E-state index is 12.2. The van der Waals surface area contributed by atoms with Crippen molar-refractivity contribution < 1.29 is 19.7 Å². The van der Waals surface area contributed by atoms with E-state index in [0.29, 0.717) is 12.2 Å². The molecule has 2 aromatic heterocycles. The molecule has 3 atom stereocenters. The Morgan fingerprint density at radius 2 is 2.00 bits per heavy atom. The molecule has 0 aliphatic carbocycles. The van der Waals surface area contributed by atoms with E-state index in [1.807, 2.05) is 31.2 Å². The molecule has 0 amide bonds. The number of methoxy groups -OCH3 is 1. The van der Waals surface area contributed by atoms with Crippen LogP contribution in [-0.2, 0) is 23.1 Å². The largest absolute Gasteiger partial charge is 0.480 e. The standard InChI is InChI=1S/C23H30N4O5/c1-13-8-17(11-26(4)22(13)29)21-25-18-9-16(10-24-20(15(3)28)23(30)31)6-7-19(18)27(21)14(2)12-32-5/h6-9,11,14-15,20,24,28H,10,12H2,1-5H3,(H,30,31). The zero-order valence-electron chi connectivity index (χ0n) is 19.0. The molecule has 0 spiro atoms. The lowest BCUT2D eigenvalue weighted by Crippen LogP contribution is -2.44. The van der Waals surface area contributed by atoms with Gasteiger partial charge < -0.3 is 24.1 Å². The topological polar surface area (TPSA) is 119 Å². The highest BCUT2D eigenvalue weighted by Gasteiger charge is 2.23. The summed E-state index contributed by atoms with van der Waals surface area (Å²) in [6.07, 6.45) is 0.750. The van der Waals surface area contributed by atoms with Gasteiger partial charge in [0.2, 0.25) is 0 Å². The van der Waals surface area contributed by atoms with Crippen molar-refractivity contribution in [2.45, 2.75) is 45.5 Å². The van der Waals surface area contributed by atoms with Crippen molar-refractivity contribution in [1.82, 2.24) is 19.4 Å². The van der Waals surface area contributed by atoms with Crippen molar-refractivity contribution in [3.63, 3.8) is 0 Å². The Kier molecular flexibility index (Phi) is 7.12. The molecule has 0 bridgehead atoms. The lowest BCUT2D eigenvalue weighted by Gasteiger charge is -2.18. The predicted octanol–water partition coefficient (Wildman–Crippen LogP) is 1.84. The molecule has 0 saturated heterocycles. The molecular formula is C23H30N4O5. The molecule has 0 aliphatic rings. The molecular weight excluding hydrogens is 412 g/mol. The number of imidazole rings is 1. The lowest BCUT2D eigenvalue weighted by atomic mass is 10.1. The highest BCUT2D eigenvalue weighted by molar-refractivity contribution is 5.81. The summed E-state index contributed by atoms with van der Waals surface area (Å²) in [5, 5.41) is 21.8. The van der Waals surface area contributed by atoms with Crippen LogP contribution >= 0.6 is 0 Å². The van der Waals surface area contributed by atoms with E-state index in [-0.39, 0.29) is 18.1 Å². The minimum absolute atomic E-state index is 0.00635. The van der Waals surface area contributed by atoms with Gasteiger partial charge >= 0.3 is 5.97 Å². The first-order chi connectivity index (χ1) is 15.1. The van der Waals surface area contributed by atoms with Crippen molar-refractivity contribution in [1.29, 1.82) is 0 Å². The van der Waals surface area contributed by atoms with E-state index >= 15 is 0 Å². The summed E-state index contributed by atoms with van der Waals surface area (Å²) < 4.78 is 9.01. The maximum atomic E-state index is 12.2. The first-order valence-electron chi connectivity index (χ1n) is 10.5. The van der Waals surface area contributed by atoms with Gasteiger partial charge in [-0.3, -0.25) is 14.9 Å². The van der Waals surface area contributed by atoms with E-state index in [9.17, 15) is 19.8 Å². The predicted molar refractivity (Wildman–Crippen MR) is 122 cm³/mol. The number of ether oxygens (including phenoxy) is 1. The van der Waals surface area contributed by atoms with Gasteiger partial charge in [0.15, 0.2) is 0 Å². The Labute approximate surface area is 186 Å². The molecule has 32 heavy (non-hydrogen) atoms. The van der Waals surface area contributed by atoms with Crippen molar-refractivity contribution in [2.24, 2.45) is 7.05 Å². The second kappa shape index (κ2) is 9.64. The number of pyridine rings is 1. The van der Waals surface area contributed by atoms with Gasteiger partial charge in [-0.25, -0.2) is 4.98 Å². The van der Waals surface area contributed by atoms with Crippen LogP contribution in [0.3, 0.4) is 0 Å². The van der Waals surface area contributed by atoms with Gasteiger partial charge in [0.25, 0.3) is 5.56 Å². The highest BCUT2D eigenvalue weighted by atomic mass is 16.5. The van der Waals surface area contributed by atoms with Crippen LogP contribution in [0, 0.1) is 6.92 Å². The zero-order valence-corrected chi connectivity index (χ0v) is 19.0. The van der Waals surface area contributed by atoms with Gasteiger partial charge in [-0.1, -0.05) is 6.07 Å². The highest BCUT2D eigenvalue weighted by Crippen LogP contribution is 2.29. The van der Waals surface area contributed by atoms with Gasteiger partial charge in [-0.05, 0) is 44.5 Å². The number of nitrogens with zero attached hydrogens (tertiary/aromatic N) is 3. The van der Waals surface area contributed by atoms with Gasteiger partial charge in [-0.15, -0.1) is 0 Å². The molecule has 9 nitrogen and oxygen atoms in total. The van der Waals surface area contributed by atoms with E-state index in [4.69, 9.17) is 9.72 Å². The third-order valence-corrected chi connectivity index (χ3v) is 5.50. The maximum Gasteiger partial charge on any atom is 0.323 e. The van der Waals surface area contributed by atoms with E-state index in [2.05, 4.69) is 9.88 Å². The Hall–Kier alpha value is -3.01. The number of rotatable bonds is 9. The number of carbonyl (C=O) groups is 1. The zero-order chi connectivity index (χ0) is 23.6. The van der Waals surface area contributed by atoms with Crippen molar-refractivity contribution in [3.05, 3.63) is 51.9 Å². The number of carboxylic acid groups (broad SMARTS) is 1. The number of aryl methyl sites for hydroxylation is 2. The minimum Gasteiger partial charge on any atom is -0.480 e. The Morgan fingerprint density at radius 1 is 1.28 bits per heavy atom. The second-order valence-electron chi connectivity index (χ2n) is 8.20. The molecule has 9 heteroatoms. The number of aromatic nitrogens is 3. The van der Waals surface area contributed by atoms with Crippen LogP contribution < -0.4 is 10.9 Å². The van der Waals surface area contributed by atoms with Crippen LogP contribution in [0.4, 0.5) is 0 Å². The molecule has 0 fully saturated rings. The fourth-order valence-electron chi connectivity index (χ4n) is 3.91. The Bertz CT molecular complexity index is 1150. The molecule has 1 aromatic carbocycles. The average molecular weight is 443 g/mol. The molecule has 0 radical (unpaired) electrons. The third-order valence-electron chi connectivity index (χ3n) is 5.50. The number of hydrogen-bond donors (Lipinski definition) is 3. The summed E-state index contributed by atoms with van der Waals surface area (Å²) in [6.45, 7) is 6.02. The first kappa shape index (κ1) is 23.6. The number of aliphatic hydroxyl groups is 1. The van der Waals surface area contributed by atoms with E-state index in [1.165, 1.54) is 6.92 Å². The van der Waals surface area contributed by atoms with Gasteiger partial charge in [0.1, 0.15) is 11.9 Å². The average Bonchev–Trinajstić information content (AvgIpc) is 3.10. The fourth-order valence-corrected chi connectivity index (χ4v) is 3.91. The summed E-state index contributed by atoms with van der Waals surface area (Å²) in [4.78, 5) is 28.3. The molecule has 2 heterocycles. The number of aliphatic hydroxyl groups excluding tert-OH is 1. The summed E-state index contributed by atoms with van der Waals surface area (Å²) in [6, 6.07) is 6.52. The normalized spacial score (nSPS) is 14.4. The number of aliphatic carboxylic acids is 1. The molecule has 3 aromatic rings. The van der Waals surface area contributed by atoms with Crippen LogP contribution in [0.15, 0.2) is 35.3 Å². The van der Waals surface area contributed by atoms with Crippen LogP contribution in [-0.4, -0.2) is 56.2 Å². The van der Waals surface area contributed by atoms with E-state index in [1.54, 1.807) is 31.8 Å². The van der Waals surface area contributed by atoms with Crippen LogP contribution in [0.2, 0.25) is 0 Å². The fraction of sp³-hybridized carbons (Fsp3) is 0.435. The van der Waals surface area contributed by atoms with Gasteiger partial charge in [0.05, 0.1) is 29.8 Å². The number of nitrogens with one attached hydrogen (secondary N) is 1. The quantitative estimate of drug-likeness (QED) is 0.463. The summed E-state index contributed by atoms with van der Waals surface area (Å²) in [5.74, 6) is -0.383. The van der Waals surface area contributed by atoms with E-state index < -0.39 is 18.1 Å². The van der Waals surface area contributed by atoms with Crippen LogP contribution in [0.25, 0.3) is 22.4 Å². The molecule has 3 N–H and O–H groups in total. The Morgan fingerprint density at radius 3 is 2.59 bits per heavy atom. The Balaban J connectivity index is 2.07. The van der Waals surface area contributed by atoms with Crippen LogP contribution in [0.1, 0.15) is 31.0 Å². The number of benzene rings is 1. The van der Waals surface area contributed by atoms with E-state index in [0.717, 1.165) is 28.0 Å². The summed E-state index contributed by atoms with van der Waals surface area (Å²) >= 11 is 0. The summed E-state index contributed by atoms with van der Waals surface area (Å²) in [5.41, 5.74) is 3.90. The molecule has 3 unspecified atom stereocenters. The van der Waals surface area contributed by atoms with Crippen molar-refractivity contribution >= 4 is 17.0 Å². The lowest BCUT2D eigenvalue weighted by molar-refractivity contribution is -0.142. The SMILES string of the molecule is COCC(C)n1c(-c2cc(C)c(=O)n(C)c2)nc2cc(CNC(C(=O)O)C(C)O)ccc21. The number of hydrogen-bond acceptors (Lipinski definition) is 6. The smallest absolute Gasteiger partial charge is 0.323 e. The monoisotopic (exact) mass is 442 g/mol. The molecule has 0 saturated carbocycles. The minimum atomic E-state index is -1.11. The van der Waals surface area contributed by atoms with Crippen LogP contribution in [0.5, 0.6) is 0 Å². The van der Waals surface area contributed by atoms with Crippen molar-refractivity contribution in [3.8, 4) is 11.4 Å². The van der Waals surface area contributed by atoms with Crippen molar-refractivity contribution in [2.75, 3.05) is 13.7 Å². The first-order valence-corrected chi connectivity index (χ1v) is 10.5. The van der Waals surface area contributed by atoms with Gasteiger partial charge in [0, 0.05) is 38.0 Å². The van der Waals surface area contributed by atoms with Gasteiger partial charge in [-0.2, -0.15) is 0 Å². The molecule has 3 rings (SSSR count).